The molecule has 0 aliphatic carbocycles. The van der Waals surface area contributed by atoms with Gasteiger partial charge in [0, 0.05) is 11.6 Å². The first-order chi connectivity index (χ1) is 14.0. The van der Waals surface area contributed by atoms with Crippen LogP contribution in [0.15, 0.2) is 57.2 Å². The second-order valence-corrected chi connectivity index (χ2v) is 7.97. The number of anilines is 1. The highest BCUT2D eigenvalue weighted by Gasteiger charge is 2.44. The fourth-order valence-electron chi connectivity index (χ4n) is 3.77. The van der Waals surface area contributed by atoms with Crippen molar-refractivity contribution in [2.45, 2.75) is 19.9 Å². The summed E-state index contributed by atoms with van der Waals surface area (Å²) in [4.78, 5) is 32.5. The van der Waals surface area contributed by atoms with E-state index in [1.807, 2.05) is 13.8 Å². The fourth-order valence-corrected chi connectivity index (χ4v) is 4.44. The number of aromatic nitrogens is 1. The third kappa shape index (κ3) is 2.58. The van der Waals surface area contributed by atoms with Crippen molar-refractivity contribution in [1.29, 1.82) is 0 Å². The van der Waals surface area contributed by atoms with Gasteiger partial charge in [0.25, 0.3) is 5.91 Å². The lowest BCUT2D eigenvalue weighted by Gasteiger charge is -2.22. The van der Waals surface area contributed by atoms with Gasteiger partial charge in [-0.1, -0.05) is 12.1 Å². The molecule has 5 rings (SSSR count). The zero-order valence-electron chi connectivity index (χ0n) is 15.7. The van der Waals surface area contributed by atoms with Crippen LogP contribution in [0, 0.1) is 13.8 Å². The number of phenols is 1. The summed E-state index contributed by atoms with van der Waals surface area (Å²) in [6.45, 7) is 3.86. The molecule has 0 radical (unpaired) electrons. The van der Waals surface area contributed by atoms with Crippen LogP contribution in [0.25, 0.3) is 11.0 Å². The van der Waals surface area contributed by atoms with Gasteiger partial charge in [0.05, 0.1) is 17.0 Å². The maximum absolute atomic E-state index is 13.5. The van der Waals surface area contributed by atoms with Crippen LogP contribution in [-0.2, 0) is 0 Å². The number of hydrogen-bond donors (Lipinski definition) is 1. The zero-order chi connectivity index (χ0) is 20.3. The standard InChI is InChI=1S/C22H16N2O4S/c1-11-8-15-16(9-12(11)2)28-20-17(19(15)26)18(13-4-3-5-14(25)10-13)24(21(20)27)22-23-6-7-29-22/h3-10,18,25H,1-2H3. The Labute approximate surface area is 169 Å². The molecule has 1 atom stereocenters. The minimum absolute atomic E-state index is 0.0225. The average Bonchev–Trinajstić information content (AvgIpc) is 3.30. The smallest absolute Gasteiger partial charge is 0.297 e. The largest absolute Gasteiger partial charge is 0.508 e. The van der Waals surface area contributed by atoms with Crippen LogP contribution in [0.3, 0.4) is 0 Å². The molecule has 29 heavy (non-hydrogen) atoms. The van der Waals surface area contributed by atoms with Crippen LogP contribution in [-0.4, -0.2) is 16.0 Å². The number of thiazole rings is 1. The maximum atomic E-state index is 13.5. The van der Waals surface area contributed by atoms with E-state index in [4.69, 9.17) is 4.42 Å². The molecular weight excluding hydrogens is 388 g/mol. The predicted molar refractivity (Wildman–Crippen MR) is 111 cm³/mol. The number of rotatable bonds is 2. The third-order valence-electron chi connectivity index (χ3n) is 5.30. The van der Waals surface area contributed by atoms with Gasteiger partial charge in [-0.2, -0.15) is 0 Å². The molecule has 0 saturated carbocycles. The van der Waals surface area contributed by atoms with Crippen molar-refractivity contribution in [1.82, 2.24) is 4.98 Å². The molecule has 0 bridgehead atoms. The van der Waals surface area contributed by atoms with E-state index >= 15 is 0 Å². The Kier molecular flexibility index (Phi) is 3.82. The second kappa shape index (κ2) is 6.28. The first-order valence-corrected chi connectivity index (χ1v) is 9.93. The highest BCUT2D eigenvalue weighted by molar-refractivity contribution is 7.13. The average molecular weight is 404 g/mol. The second-order valence-electron chi connectivity index (χ2n) is 7.09. The molecule has 3 heterocycles. The molecule has 1 unspecified atom stereocenters. The van der Waals surface area contributed by atoms with Crippen LogP contribution in [0.2, 0.25) is 0 Å². The number of aryl methyl sites for hydroxylation is 2. The van der Waals surface area contributed by atoms with Gasteiger partial charge in [0.15, 0.2) is 10.6 Å². The summed E-state index contributed by atoms with van der Waals surface area (Å²) < 4.78 is 5.97. The summed E-state index contributed by atoms with van der Waals surface area (Å²) >= 11 is 1.30. The molecule has 0 saturated heterocycles. The van der Waals surface area contributed by atoms with Crippen LogP contribution >= 0.6 is 11.3 Å². The van der Waals surface area contributed by atoms with Crippen molar-refractivity contribution in [3.8, 4) is 5.75 Å². The van der Waals surface area contributed by atoms with E-state index in [1.165, 1.54) is 16.2 Å². The first-order valence-electron chi connectivity index (χ1n) is 9.05. The molecule has 2 aromatic carbocycles. The SMILES string of the molecule is Cc1cc2oc3c(c(=O)c2cc1C)C(c1cccc(O)c1)N(c1nccs1)C3=O. The summed E-state index contributed by atoms with van der Waals surface area (Å²) in [6, 6.07) is 9.42. The normalized spacial score (nSPS) is 15.9. The van der Waals surface area contributed by atoms with Gasteiger partial charge in [0.2, 0.25) is 5.76 Å². The number of phenolic OH excluding ortho intramolecular Hbond substituents is 1. The van der Waals surface area contributed by atoms with Crippen molar-refractivity contribution in [3.05, 3.63) is 86.2 Å². The molecule has 1 aliphatic heterocycles. The van der Waals surface area contributed by atoms with Crippen LogP contribution in [0.4, 0.5) is 5.13 Å². The van der Waals surface area contributed by atoms with E-state index in [-0.39, 0.29) is 22.5 Å². The Hall–Kier alpha value is -3.45. The summed E-state index contributed by atoms with van der Waals surface area (Å²) in [5.41, 5.74) is 2.98. The molecular formula is C22H16N2O4S. The Morgan fingerprint density at radius 3 is 2.66 bits per heavy atom. The van der Waals surface area contributed by atoms with Crippen molar-refractivity contribution < 1.29 is 14.3 Å². The Balaban J connectivity index is 1.85. The summed E-state index contributed by atoms with van der Waals surface area (Å²) in [5.74, 6) is -0.339. The monoisotopic (exact) mass is 404 g/mol. The number of hydrogen-bond acceptors (Lipinski definition) is 6. The lowest BCUT2D eigenvalue weighted by atomic mass is 9.97. The highest BCUT2D eigenvalue weighted by Crippen LogP contribution is 2.42. The Bertz CT molecular complexity index is 1340. The Morgan fingerprint density at radius 2 is 1.93 bits per heavy atom. The van der Waals surface area contributed by atoms with E-state index in [0.29, 0.717) is 21.7 Å². The molecule has 7 heteroatoms. The van der Waals surface area contributed by atoms with E-state index in [0.717, 1.165) is 11.1 Å². The van der Waals surface area contributed by atoms with E-state index < -0.39 is 11.9 Å². The van der Waals surface area contributed by atoms with Crippen LogP contribution < -0.4 is 10.3 Å². The van der Waals surface area contributed by atoms with Gasteiger partial charge in [-0.15, -0.1) is 11.3 Å². The minimum Gasteiger partial charge on any atom is -0.508 e. The van der Waals surface area contributed by atoms with Gasteiger partial charge in [-0.3, -0.25) is 14.5 Å². The molecule has 1 aliphatic rings. The topological polar surface area (TPSA) is 83.6 Å². The quantitative estimate of drug-likeness (QED) is 0.538. The molecule has 1 amide bonds. The number of benzene rings is 2. The zero-order valence-corrected chi connectivity index (χ0v) is 16.5. The van der Waals surface area contributed by atoms with Gasteiger partial charge in [0.1, 0.15) is 11.3 Å². The van der Waals surface area contributed by atoms with E-state index in [2.05, 4.69) is 4.98 Å². The third-order valence-corrected chi connectivity index (χ3v) is 6.07. The number of carbonyl (C=O) groups excluding carboxylic acids is 1. The first kappa shape index (κ1) is 17.6. The molecule has 1 N–H and O–H groups in total. The minimum atomic E-state index is -0.724. The Morgan fingerprint density at radius 1 is 1.14 bits per heavy atom. The van der Waals surface area contributed by atoms with Crippen molar-refractivity contribution in [3.63, 3.8) is 0 Å². The molecule has 2 aromatic heterocycles. The molecule has 6 nitrogen and oxygen atoms in total. The van der Waals surface area contributed by atoms with Gasteiger partial charge < -0.3 is 9.52 Å². The molecule has 0 fully saturated rings. The fraction of sp³-hybridized carbons (Fsp3) is 0.136. The summed E-state index contributed by atoms with van der Waals surface area (Å²) in [5, 5.41) is 12.7. The van der Waals surface area contributed by atoms with E-state index in [1.54, 1.807) is 48.0 Å². The highest BCUT2D eigenvalue weighted by atomic mass is 32.1. The number of fused-ring (bicyclic) bond motifs is 2. The van der Waals surface area contributed by atoms with Crippen molar-refractivity contribution in [2.75, 3.05) is 4.90 Å². The number of carbonyl (C=O) groups is 1. The number of amides is 1. The van der Waals surface area contributed by atoms with Crippen molar-refractivity contribution in [2.24, 2.45) is 0 Å². The van der Waals surface area contributed by atoms with Gasteiger partial charge in [-0.25, -0.2) is 4.98 Å². The molecule has 144 valence electrons. The van der Waals surface area contributed by atoms with Crippen LogP contribution in [0.5, 0.6) is 5.75 Å². The maximum Gasteiger partial charge on any atom is 0.297 e. The molecule has 0 spiro atoms. The lowest BCUT2D eigenvalue weighted by Crippen LogP contribution is -2.29. The summed E-state index contributed by atoms with van der Waals surface area (Å²) in [7, 11) is 0. The lowest BCUT2D eigenvalue weighted by molar-refractivity contribution is 0.0971. The van der Waals surface area contributed by atoms with Gasteiger partial charge >= 0.3 is 0 Å². The molecule has 4 aromatic rings. The predicted octanol–water partition coefficient (Wildman–Crippen LogP) is 4.32. The number of aromatic hydroxyl groups is 1. The van der Waals surface area contributed by atoms with Gasteiger partial charge in [-0.05, 0) is 54.8 Å². The van der Waals surface area contributed by atoms with Crippen LogP contribution in [0.1, 0.15) is 38.9 Å². The van der Waals surface area contributed by atoms with Crippen molar-refractivity contribution >= 4 is 33.3 Å². The number of nitrogens with zero attached hydrogens (tertiary/aromatic N) is 2. The van der Waals surface area contributed by atoms with E-state index in [9.17, 15) is 14.7 Å². The summed E-state index contributed by atoms with van der Waals surface area (Å²) in [6.07, 6.45) is 1.61.